The quantitative estimate of drug-likeness (QED) is 0.664. The first-order valence-electron chi connectivity index (χ1n) is 8.96. The van der Waals surface area contributed by atoms with Crippen molar-refractivity contribution in [1.29, 1.82) is 5.26 Å². The molecule has 0 fully saturated rings. The standard InChI is InChI=1S/C21H17FN4O3/c1-25-7-8-26-20(25)11-19(24-21(26)27)28-13-14-5-6-18(15(9-14)12-23)29-17-4-2-3-16(22)10-17/h2-6,9-11H,7-8,13H2,1H3. The van der Waals surface area contributed by atoms with E-state index in [1.54, 1.807) is 34.9 Å². The summed E-state index contributed by atoms with van der Waals surface area (Å²) in [6.07, 6.45) is 0. The van der Waals surface area contributed by atoms with Crippen LogP contribution in [-0.4, -0.2) is 23.1 Å². The summed E-state index contributed by atoms with van der Waals surface area (Å²) in [7, 11) is 1.90. The average molecular weight is 392 g/mol. The van der Waals surface area contributed by atoms with Crippen molar-refractivity contribution >= 4 is 5.82 Å². The molecule has 1 aliphatic rings. The number of halogens is 1. The van der Waals surface area contributed by atoms with Crippen molar-refractivity contribution in [2.75, 3.05) is 18.5 Å². The van der Waals surface area contributed by atoms with Crippen molar-refractivity contribution in [3.8, 4) is 23.4 Å². The molecule has 1 aliphatic heterocycles. The molecular weight excluding hydrogens is 375 g/mol. The number of benzene rings is 2. The highest BCUT2D eigenvalue weighted by atomic mass is 19.1. The van der Waals surface area contributed by atoms with Gasteiger partial charge in [0.2, 0.25) is 5.88 Å². The molecule has 3 aromatic rings. The predicted molar refractivity (Wildman–Crippen MR) is 104 cm³/mol. The lowest BCUT2D eigenvalue weighted by Crippen LogP contribution is -2.22. The maximum atomic E-state index is 13.3. The van der Waals surface area contributed by atoms with Gasteiger partial charge >= 0.3 is 5.69 Å². The SMILES string of the molecule is CN1CCn2c1cc(OCc1ccc(Oc3cccc(F)c3)c(C#N)c1)nc2=O. The number of rotatable bonds is 5. The number of anilines is 1. The van der Waals surface area contributed by atoms with Crippen LogP contribution in [0.15, 0.2) is 53.3 Å². The van der Waals surface area contributed by atoms with Crippen LogP contribution in [0.4, 0.5) is 10.2 Å². The summed E-state index contributed by atoms with van der Waals surface area (Å²) in [5, 5.41) is 9.43. The Labute approximate surface area is 166 Å². The topological polar surface area (TPSA) is 80.4 Å². The zero-order chi connectivity index (χ0) is 20.4. The second-order valence-corrected chi connectivity index (χ2v) is 6.60. The van der Waals surface area contributed by atoms with Gasteiger partial charge in [0.05, 0.1) is 5.56 Å². The summed E-state index contributed by atoms with van der Waals surface area (Å²) in [5.41, 5.74) is 0.652. The highest BCUT2D eigenvalue weighted by molar-refractivity contribution is 5.48. The maximum absolute atomic E-state index is 13.3. The van der Waals surface area contributed by atoms with Gasteiger partial charge < -0.3 is 14.4 Å². The third-order valence-corrected chi connectivity index (χ3v) is 4.59. The Hall–Kier alpha value is -3.86. The summed E-state index contributed by atoms with van der Waals surface area (Å²) in [6.45, 7) is 1.49. The van der Waals surface area contributed by atoms with Gasteiger partial charge in [-0.3, -0.25) is 4.57 Å². The van der Waals surface area contributed by atoms with Gasteiger partial charge in [0, 0.05) is 32.3 Å². The summed E-state index contributed by atoms with van der Waals surface area (Å²) >= 11 is 0. The Kier molecular flexibility index (Phi) is 4.87. The van der Waals surface area contributed by atoms with Crippen molar-refractivity contribution in [1.82, 2.24) is 9.55 Å². The molecule has 0 unspecified atom stereocenters. The molecule has 1 aromatic heterocycles. The summed E-state index contributed by atoms with van der Waals surface area (Å²) < 4.78 is 26.2. The van der Waals surface area contributed by atoms with Crippen molar-refractivity contribution in [2.45, 2.75) is 13.2 Å². The van der Waals surface area contributed by atoms with E-state index in [1.807, 2.05) is 11.9 Å². The van der Waals surface area contributed by atoms with Gasteiger partial charge in [0.25, 0.3) is 0 Å². The molecule has 0 spiro atoms. The number of aromatic nitrogens is 2. The fourth-order valence-corrected chi connectivity index (χ4v) is 3.10. The molecule has 4 rings (SSSR count). The molecule has 146 valence electrons. The molecule has 0 saturated heterocycles. The second-order valence-electron chi connectivity index (χ2n) is 6.60. The van der Waals surface area contributed by atoms with E-state index < -0.39 is 5.82 Å². The van der Waals surface area contributed by atoms with E-state index >= 15 is 0 Å². The van der Waals surface area contributed by atoms with Crippen LogP contribution < -0.4 is 20.1 Å². The normalized spacial score (nSPS) is 12.4. The Morgan fingerprint density at radius 2 is 2.07 bits per heavy atom. The van der Waals surface area contributed by atoms with Crippen LogP contribution in [0.25, 0.3) is 0 Å². The first-order chi connectivity index (χ1) is 14.0. The maximum Gasteiger partial charge on any atom is 0.352 e. The van der Waals surface area contributed by atoms with E-state index in [0.29, 0.717) is 23.6 Å². The van der Waals surface area contributed by atoms with Crippen molar-refractivity contribution in [3.05, 3.63) is 76.0 Å². The minimum absolute atomic E-state index is 0.133. The Morgan fingerprint density at radius 3 is 2.86 bits per heavy atom. The van der Waals surface area contributed by atoms with Gasteiger partial charge in [0.15, 0.2) is 0 Å². The monoisotopic (exact) mass is 392 g/mol. The van der Waals surface area contributed by atoms with Gasteiger partial charge in [-0.15, -0.1) is 0 Å². The number of hydrogen-bond donors (Lipinski definition) is 0. The van der Waals surface area contributed by atoms with Crippen LogP contribution in [0.5, 0.6) is 17.4 Å². The zero-order valence-corrected chi connectivity index (χ0v) is 15.6. The highest BCUT2D eigenvalue weighted by Gasteiger charge is 2.19. The molecule has 8 heteroatoms. The Balaban J connectivity index is 1.50. The molecule has 7 nitrogen and oxygen atoms in total. The Morgan fingerprint density at radius 1 is 1.21 bits per heavy atom. The van der Waals surface area contributed by atoms with Gasteiger partial charge in [-0.25, -0.2) is 9.18 Å². The van der Waals surface area contributed by atoms with E-state index in [4.69, 9.17) is 9.47 Å². The van der Waals surface area contributed by atoms with E-state index in [2.05, 4.69) is 11.1 Å². The van der Waals surface area contributed by atoms with E-state index in [1.165, 1.54) is 18.2 Å². The summed E-state index contributed by atoms with van der Waals surface area (Å²) in [6, 6.07) is 14.5. The molecule has 0 bridgehead atoms. The number of ether oxygens (including phenoxy) is 2. The summed E-state index contributed by atoms with van der Waals surface area (Å²) in [5.74, 6) is 1.19. The van der Waals surface area contributed by atoms with Crippen molar-refractivity contribution < 1.29 is 13.9 Å². The smallest absolute Gasteiger partial charge is 0.352 e. The number of nitrogens with zero attached hydrogens (tertiary/aromatic N) is 4. The number of hydrogen-bond acceptors (Lipinski definition) is 6. The minimum atomic E-state index is -0.422. The third-order valence-electron chi connectivity index (χ3n) is 4.59. The van der Waals surface area contributed by atoms with Gasteiger partial charge in [-0.2, -0.15) is 10.2 Å². The fourth-order valence-electron chi connectivity index (χ4n) is 3.10. The van der Waals surface area contributed by atoms with Gasteiger partial charge in [-0.1, -0.05) is 12.1 Å². The molecule has 2 heterocycles. The summed E-state index contributed by atoms with van der Waals surface area (Å²) in [4.78, 5) is 18.0. The van der Waals surface area contributed by atoms with E-state index in [9.17, 15) is 14.4 Å². The van der Waals surface area contributed by atoms with Crippen LogP contribution in [0.2, 0.25) is 0 Å². The minimum Gasteiger partial charge on any atom is -0.473 e. The largest absolute Gasteiger partial charge is 0.473 e. The van der Waals surface area contributed by atoms with Crippen molar-refractivity contribution in [3.63, 3.8) is 0 Å². The lowest BCUT2D eigenvalue weighted by Gasteiger charge is -2.13. The second kappa shape index (κ2) is 7.64. The van der Waals surface area contributed by atoms with Crippen LogP contribution in [0.3, 0.4) is 0 Å². The number of fused-ring (bicyclic) bond motifs is 1. The van der Waals surface area contributed by atoms with Crippen LogP contribution >= 0.6 is 0 Å². The average Bonchev–Trinajstić information content (AvgIpc) is 3.08. The fraction of sp³-hybridized carbons (Fsp3) is 0.190. The molecule has 0 atom stereocenters. The molecule has 0 aliphatic carbocycles. The van der Waals surface area contributed by atoms with Crippen LogP contribution in [0, 0.1) is 17.1 Å². The molecule has 2 aromatic carbocycles. The van der Waals surface area contributed by atoms with Crippen LogP contribution in [0.1, 0.15) is 11.1 Å². The number of likely N-dealkylation sites (N-methyl/N-ethyl adjacent to an activating group) is 1. The molecule has 29 heavy (non-hydrogen) atoms. The third kappa shape index (κ3) is 3.89. The van der Waals surface area contributed by atoms with E-state index in [-0.39, 0.29) is 23.7 Å². The lowest BCUT2D eigenvalue weighted by molar-refractivity contribution is 0.291. The predicted octanol–water partition coefficient (Wildman–Crippen LogP) is 3.08. The highest BCUT2D eigenvalue weighted by Crippen LogP contribution is 2.27. The van der Waals surface area contributed by atoms with Gasteiger partial charge in [0.1, 0.15) is 35.8 Å². The first kappa shape index (κ1) is 18.5. The molecule has 0 saturated carbocycles. The van der Waals surface area contributed by atoms with Crippen LogP contribution in [-0.2, 0) is 13.2 Å². The lowest BCUT2D eigenvalue weighted by atomic mass is 10.1. The van der Waals surface area contributed by atoms with Gasteiger partial charge in [-0.05, 0) is 29.8 Å². The number of nitriles is 1. The first-order valence-corrected chi connectivity index (χ1v) is 8.96. The van der Waals surface area contributed by atoms with Crippen molar-refractivity contribution in [2.24, 2.45) is 0 Å². The zero-order valence-electron chi connectivity index (χ0n) is 15.6. The molecule has 0 amide bonds. The molecular formula is C21H17FN4O3. The molecule has 0 radical (unpaired) electrons. The molecule has 0 N–H and O–H groups in total. The Bertz CT molecular complexity index is 1170. The van der Waals surface area contributed by atoms with E-state index in [0.717, 1.165) is 12.4 Å².